The number of hydrogen-bond acceptors (Lipinski definition) is 23. The second kappa shape index (κ2) is 48.1. The molecule has 11 N–H and O–H groups in total. The second-order valence-electron chi connectivity index (χ2n) is 29.5. The smallest absolute Gasteiger partial charge is 0.108 e. The normalized spacial score (nSPS) is 30.4. The summed E-state index contributed by atoms with van der Waals surface area (Å²) in [4.78, 5) is 29.0. The van der Waals surface area contributed by atoms with E-state index in [0.717, 1.165) is 106 Å². The van der Waals surface area contributed by atoms with Gasteiger partial charge < -0.3 is 121 Å². The number of esters is 1. The van der Waals surface area contributed by atoms with Gasteiger partial charge in [-0.3, -0.25) is 4.79 Å². The first kappa shape index (κ1) is 94.4. The van der Waals surface area contributed by atoms with Crippen LogP contribution in [0.1, 0.15) is 170 Å². The van der Waals surface area contributed by atoms with Crippen LogP contribution in [-0.4, -0.2) is 127 Å². The number of amides is 1. The molecule has 0 aromatic carbocycles. The Morgan fingerprint density at radius 3 is 1.21 bits per heavy atom. The van der Waals surface area contributed by atoms with E-state index < -0.39 is 0 Å². The van der Waals surface area contributed by atoms with E-state index in [0.29, 0.717) is 33.7 Å². The molecule has 1 amide bonds. The van der Waals surface area contributed by atoms with Crippen LogP contribution in [0.25, 0.3) is 9.53 Å². The molecule has 0 unspecified atom stereocenters. The van der Waals surface area contributed by atoms with E-state index in [2.05, 4.69) is 59.6 Å². The van der Waals surface area contributed by atoms with Crippen molar-refractivity contribution >= 4 is 193 Å². The summed E-state index contributed by atoms with van der Waals surface area (Å²) in [6, 6.07) is 9.74. The average molecular weight is 1640 g/mol. The molecule has 0 radical (unpaired) electrons. The molecule has 22 rings (SSSR count). The van der Waals surface area contributed by atoms with Crippen molar-refractivity contribution < 1.29 is 84.2 Å². The number of carbonyl (C=O) groups excluding carboxylic acids is 2. The van der Waals surface area contributed by atoms with Crippen LogP contribution >= 0.6 is 80.2 Å². The van der Waals surface area contributed by atoms with Gasteiger partial charge in [0.15, 0.2) is 0 Å². The minimum absolute atomic E-state index is 0. The van der Waals surface area contributed by atoms with Crippen LogP contribution in [0.5, 0.6) is 0 Å². The van der Waals surface area contributed by atoms with Crippen molar-refractivity contribution in [2.45, 2.75) is 183 Å². The predicted molar refractivity (Wildman–Crippen MR) is 413 cm³/mol. The average Bonchev–Trinajstić information content (AvgIpc) is 1.80. The van der Waals surface area contributed by atoms with E-state index >= 15 is 0 Å². The number of ether oxygens (including phenoxy) is 1. The number of aromatic nitrogens is 1. The number of carbonyl (C=O) groups is 2. The van der Waals surface area contributed by atoms with E-state index in [9.17, 15) is 9.59 Å². The summed E-state index contributed by atoms with van der Waals surface area (Å²) < 4.78 is 5.85. The maximum Gasteiger partial charge on any atom is 0.108 e. The van der Waals surface area contributed by atoms with Crippen LogP contribution in [0.3, 0.4) is 0 Å². The topological polar surface area (TPSA) is 337 Å². The van der Waals surface area contributed by atoms with E-state index in [1.165, 1.54) is 250 Å². The molecule has 29 heteroatoms. The third kappa shape index (κ3) is 28.0. The molecule has 6 aromatic heterocycles. The molecule has 0 saturated heterocycles. The van der Waals surface area contributed by atoms with Gasteiger partial charge in [-0.15, -0.1) is 34.0 Å². The predicted octanol–water partition coefficient (Wildman–Crippen LogP) is 13.0. The Morgan fingerprint density at radius 2 is 0.893 bits per heavy atom. The Kier molecular flexibility index (Phi) is 44.0. The van der Waals surface area contributed by atoms with Crippen LogP contribution in [0.15, 0.2) is 73.4 Å². The number of nitrogen functional groups attached to an aromatic ring is 2. The zero-order valence-corrected chi connectivity index (χ0v) is 76.0. The Morgan fingerprint density at radius 1 is 0.534 bits per heavy atom. The Labute approximate surface area is 741 Å². The van der Waals surface area contributed by atoms with Gasteiger partial charge in [-0.05, 0) is 282 Å². The van der Waals surface area contributed by atoms with E-state index in [-0.39, 0.29) is 87.3 Å². The van der Waals surface area contributed by atoms with E-state index in [4.69, 9.17) is 105 Å². The number of anilines is 4. The van der Waals surface area contributed by atoms with Crippen molar-refractivity contribution in [1.82, 2.24) is 20.9 Å². The van der Waals surface area contributed by atoms with Crippen molar-refractivity contribution in [1.29, 1.82) is 31.6 Å². The minimum Gasteiger partial charge on any atom is -0.305 e. The first-order valence-electron chi connectivity index (χ1n) is 35.1. The van der Waals surface area contributed by atoms with E-state index in [1.54, 1.807) is 45.5 Å². The number of fused-ring (bicyclic) bond motifs is 1. The number of thiophene rings is 5. The van der Waals surface area contributed by atoms with Gasteiger partial charge in [0.1, 0.15) is 13.9 Å². The van der Waals surface area contributed by atoms with Crippen molar-refractivity contribution in [3.05, 3.63) is 123 Å². The van der Waals surface area contributed by atoms with Crippen molar-refractivity contribution in [3.63, 3.8) is 0 Å². The molecule has 536 valence electrons. The zero-order valence-electron chi connectivity index (χ0n) is 60.8. The third-order valence-electron chi connectivity index (χ3n) is 22.3. The summed E-state index contributed by atoms with van der Waals surface area (Å²) in [5, 5.41) is 72.4. The molecule has 0 spiro atoms. The van der Waals surface area contributed by atoms with Crippen LogP contribution in [0, 0.1) is 142 Å². The number of rotatable bonds is 12. The molecule has 16 saturated carbocycles. The van der Waals surface area contributed by atoms with E-state index in [1.807, 2.05) is 56.3 Å². The Bertz CT molecular complexity index is 3270. The van der Waals surface area contributed by atoms with Gasteiger partial charge in [-0.2, -0.15) is 34.0 Å². The zero-order chi connectivity index (χ0) is 73.8. The summed E-state index contributed by atoms with van der Waals surface area (Å²) in [5.41, 5.74) is 23.1. The minimum atomic E-state index is -0.368. The van der Waals surface area contributed by atoms with Gasteiger partial charge in [-0.25, -0.2) is 9.78 Å². The number of thiocarbonyl (C=S) groups is 1. The summed E-state index contributed by atoms with van der Waals surface area (Å²) >= 11 is 17.9. The molecule has 6 heterocycles. The summed E-state index contributed by atoms with van der Waals surface area (Å²) in [5.74, 6) is 11.6. The van der Waals surface area contributed by atoms with Gasteiger partial charge >= 0.3 is 138 Å². The van der Waals surface area contributed by atoms with Gasteiger partial charge in [-0.1, -0.05) is 12.2 Å². The first-order chi connectivity index (χ1) is 49.1. The Balaban J connectivity index is 0.000000320. The number of nitrogens with one attached hydrogen (secondary N) is 5. The molecular weight excluding hydrogens is 1540 g/mol. The van der Waals surface area contributed by atoms with Gasteiger partial charge in [0.2, 0.25) is 5.91 Å². The number of hydrogen-bond donors (Lipinski definition) is 8. The maximum absolute atomic E-state index is 12.0. The summed E-state index contributed by atoms with van der Waals surface area (Å²) in [6.45, 7) is 30.8. The number of thiazole rings is 1. The number of nitrogens with two attached hydrogens (primary N) is 3. The Hall–Kier alpha value is -0.971. The molecule has 0 atom stereocenters. The first-order valence-corrected chi connectivity index (χ1v) is 56.9. The van der Waals surface area contributed by atoms with Crippen molar-refractivity contribution in [3.8, 4) is 0 Å². The molecule has 103 heavy (non-hydrogen) atoms. The number of nitrogens with zero attached hydrogens (tertiary/aromatic N) is 7. The molecule has 18 nitrogen and oxygen atoms in total. The van der Waals surface area contributed by atoms with Gasteiger partial charge in [0.25, 0.3) is 0 Å². The third-order valence-corrected chi connectivity index (χ3v) is 27.7. The second-order valence-corrected chi connectivity index (χ2v) is 35.5. The van der Waals surface area contributed by atoms with Crippen molar-refractivity contribution in [2.24, 2.45) is 76.7 Å². The molecule has 16 bridgehead atoms. The maximum atomic E-state index is 12.0. The molecule has 16 aliphatic rings. The molecule has 0 aliphatic heterocycles. The summed E-state index contributed by atoms with van der Waals surface area (Å²) in [6.07, 6.45) is 34.3. The fraction of sp³-hybridized carbons (Fsp3) is 0.595. The van der Waals surface area contributed by atoms with Gasteiger partial charge in [0.05, 0.1) is 35.5 Å². The standard InChI is InChI=1S/C16H22N2OS.C16H20N2S2.C16H22N2S2.C10H17N.C6H7NO2S.C4H5NS.6CN.Fe.3K.H/c19-15(18-14-1-2-20-10-14)9-17-16-6-11-3-12(7-16)5-13(4-11)8-16;1-2-19-15-13(1)18-14(20-15)9-17-16-6-10-3-11(7-16)5-12(4-10)8-16;19-15(18-14-1-2-20-10-14)9-17-16-6-11-3-12(7-16)5-13(4-11)8-16;11-10-4-7-1-8(5-10)3-9(2-7)6-10;1-9-6(8)5-4(7)2-3-10-5;5-4-1-2-6-3-4;6*1-2;;;;;/h1-2,10-13,17H,3-9H2,(H,18,19);1-2,10-12,17H,3-9H2;1-2,10-13,17H,3-9H2,(H,18,19);7-9H,1-6,11H2;2-3H,7H2,1H3;1-3H,5H2;;;;;;;;;;;/q;;;;;;6*-1;+6;;;+1;-1. The fourth-order valence-corrected chi connectivity index (χ4v) is 25.3. The number of methoxy groups -OCH3 is 1. The molecule has 16 aliphatic carbocycles. The molecule has 6 aromatic rings. The van der Waals surface area contributed by atoms with Gasteiger partial charge in [0, 0.05) is 62.8 Å². The van der Waals surface area contributed by atoms with Crippen molar-refractivity contribution in [2.75, 3.05) is 42.3 Å². The quantitative estimate of drug-likeness (QED) is 0.0244. The summed E-state index contributed by atoms with van der Waals surface area (Å²) in [7, 11) is 1.33. The molecular formula is C74H94FeK3N15O3S7. The van der Waals surface area contributed by atoms with Crippen LogP contribution in [0.4, 0.5) is 22.7 Å². The fourth-order valence-electron chi connectivity index (χ4n) is 20.7. The molecule has 16 fully saturated rings. The monoisotopic (exact) mass is 1640 g/mol. The largest absolute Gasteiger partial charge is 0.305 e. The van der Waals surface area contributed by atoms with Crippen LogP contribution < -0.4 is 95.2 Å². The SMILES string of the molecule is COC(=O)c1sccc1N.NC12CC3CC(CC(C3)C1)C2.Nc1ccsc1.O=C(CNC12CC3CC(CC(C3)C1)C2)Nc1ccsc1.S=C(CNC12CC3CC(CC(C3)C1)C2)Nc1ccsc1.[C-]#N.[C-]#N.[C-]#N.[C-]#N.[C-]#N.[C-]#N.[Fe+6].[H-].[K+].[K][K].c1cc2nc(CNC34CC5CC(CC(C5)C3)C4)sc2s1. The van der Waals surface area contributed by atoms with Crippen LogP contribution in [-0.2, 0) is 33.1 Å². The van der Waals surface area contributed by atoms with Crippen LogP contribution in [0.2, 0.25) is 0 Å².